The third kappa shape index (κ3) is 11.6. The zero-order valence-corrected chi connectivity index (χ0v) is 26.4. The van der Waals surface area contributed by atoms with Gasteiger partial charge in [0.15, 0.2) is 0 Å². The minimum Gasteiger partial charge on any atom is -0.542 e. The number of amides is 1. The van der Waals surface area contributed by atoms with Crippen LogP contribution in [-0.4, -0.2) is 71.8 Å². The Hall–Kier alpha value is -5.98. The zero-order valence-electron chi connectivity index (χ0n) is 26.4. The van der Waals surface area contributed by atoms with Gasteiger partial charge in [0.25, 0.3) is 11.6 Å². The highest BCUT2D eigenvalue weighted by molar-refractivity contribution is 5.99. The Morgan fingerprint density at radius 2 is 1.48 bits per heavy atom. The van der Waals surface area contributed by atoms with E-state index in [1.54, 1.807) is 24.3 Å². The van der Waals surface area contributed by atoms with E-state index in [2.05, 4.69) is 26.5 Å². The minimum absolute atomic E-state index is 0.0393. The van der Waals surface area contributed by atoms with E-state index in [0.717, 1.165) is 16.8 Å². The van der Waals surface area contributed by atoms with Gasteiger partial charge in [0, 0.05) is 41.7 Å². The molecule has 5 N–H and O–H groups in total. The maximum Gasteiger partial charge on any atom is 0.490 e. The second-order valence-electron chi connectivity index (χ2n) is 11.2. The van der Waals surface area contributed by atoms with Crippen molar-refractivity contribution in [3.05, 3.63) is 105 Å². The molecule has 4 aromatic rings. The number of nitrogens with zero attached hydrogens (tertiary/aromatic N) is 3. The lowest BCUT2D eigenvalue weighted by atomic mass is 10.1. The van der Waals surface area contributed by atoms with E-state index >= 15 is 0 Å². The van der Waals surface area contributed by atoms with Crippen molar-refractivity contribution in [1.82, 2.24) is 14.4 Å². The number of hydrogen-bond acceptors (Lipinski definition) is 7. The van der Waals surface area contributed by atoms with Crippen molar-refractivity contribution in [2.24, 2.45) is 5.73 Å². The van der Waals surface area contributed by atoms with Crippen LogP contribution in [0.5, 0.6) is 0 Å². The SMILES string of the molecule is C[N+](C)(C)c1ccc(CNC(=O)c2cc3cc([N+](=O)[O-])ccc3n2Cc2cccc(C(=N)N)c2)cc1.O=C(O)C(F)(F)F.O=C([O-])C(F)(F)F. The van der Waals surface area contributed by atoms with E-state index in [4.69, 9.17) is 30.9 Å². The summed E-state index contributed by atoms with van der Waals surface area (Å²) in [6.07, 6.45) is -10.3. The number of rotatable bonds is 8. The number of nitro benzene ring substituents is 1. The molecule has 50 heavy (non-hydrogen) atoms. The molecule has 4 rings (SSSR count). The monoisotopic (exact) mass is 712 g/mol. The molecular formula is C31H30F6N6O7. The van der Waals surface area contributed by atoms with Crippen LogP contribution in [0.15, 0.2) is 72.8 Å². The molecule has 0 aliphatic carbocycles. The highest BCUT2D eigenvalue weighted by Gasteiger charge is 2.38. The van der Waals surface area contributed by atoms with Gasteiger partial charge in [-0.2, -0.15) is 26.3 Å². The fourth-order valence-electron chi connectivity index (χ4n) is 4.08. The summed E-state index contributed by atoms with van der Waals surface area (Å²) in [5, 5.41) is 38.5. The fraction of sp³-hybridized carbons (Fsp3) is 0.226. The van der Waals surface area contributed by atoms with Crippen LogP contribution >= 0.6 is 0 Å². The molecule has 0 aliphatic heterocycles. The second kappa shape index (κ2) is 15.9. The molecular weight excluding hydrogens is 682 g/mol. The molecule has 3 aromatic carbocycles. The summed E-state index contributed by atoms with van der Waals surface area (Å²) >= 11 is 0. The van der Waals surface area contributed by atoms with Gasteiger partial charge in [0.1, 0.15) is 23.2 Å². The number of nitro groups is 1. The van der Waals surface area contributed by atoms with Gasteiger partial charge < -0.3 is 30.6 Å². The predicted molar refractivity (Wildman–Crippen MR) is 167 cm³/mol. The van der Waals surface area contributed by atoms with E-state index in [1.165, 1.54) is 12.1 Å². The lowest BCUT2D eigenvalue weighted by Crippen LogP contribution is -2.37. The van der Waals surface area contributed by atoms with Gasteiger partial charge in [-0.3, -0.25) is 24.8 Å². The van der Waals surface area contributed by atoms with E-state index < -0.39 is 29.2 Å². The molecule has 0 unspecified atom stereocenters. The average Bonchev–Trinajstić information content (AvgIpc) is 3.37. The van der Waals surface area contributed by atoms with Crippen LogP contribution in [0.25, 0.3) is 10.9 Å². The van der Waals surface area contributed by atoms with E-state index in [9.17, 15) is 41.3 Å². The normalized spacial score (nSPS) is 11.4. The topological polar surface area (TPSA) is 204 Å². The molecule has 1 heterocycles. The first-order valence-corrected chi connectivity index (χ1v) is 13.9. The van der Waals surface area contributed by atoms with Gasteiger partial charge >= 0.3 is 18.3 Å². The highest BCUT2D eigenvalue weighted by atomic mass is 19.4. The van der Waals surface area contributed by atoms with Crippen LogP contribution < -0.4 is 20.6 Å². The Morgan fingerprint density at radius 3 is 1.94 bits per heavy atom. The van der Waals surface area contributed by atoms with Crippen LogP contribution in [0, 0.1) is 15.5 Å². The number of nitrogen functional groups attached to an aromatic ring is 1. The van der Waals surface area contributed by atoms with Crippen molar-refractivity contribution in [3.8, 4) is 0 Å². The molecule has 0 saturated heterocycles. The maximum atomic E-state index is 13.3. The lowest BCUT2D eigenvalue weighted by molar-refractivity contribution is -0.384. The number of amidine groups is 1. The van der Waals surface area contributed by atoms with Crippen LogP contribution in [0.4, 0.5) is 37.7 Å². The summed E-state index contributed by atoms with van der Waals surface area (Å²) in [4.78, 5) is 41.8. The minimum atomic E-state index is -5.19. The second-order valence-corrected chi connectivity index (χ2v) is 11.2. The van der Waals surface area contributed by atoms with E-state index in [1.807, 2.05) is 41.0 Å². The summed E-state index contributed by atoms with van der Waals surface area (Å²) in [5.74, 6) is -6.09. The smallest absolute Gasteiger partial charge is 0.490 e. The van der Waals surface area contributed by atoms with Crippen molar-refractivity contribution >= 4 is 46.0 Å². The Balaban J connectivity index is 0.000000521. The number of alkyl halides is 6. The van der Waals surface area contributed by atoms with Crippen molar-refractivity contribution in [3.63, 3.8) is 0 Å². The Kier molecular flexibility index (Phi) is 12.8. The lowest BCUT2D eigenvalue weighted by Gasteiger charge is -2.23. The summed E-state index contributed by atoms with van der Waals surface area (Å²) in [5.41, 5.74) is 10.3. The van der Waals surface area contributed by atoms with Gasteiger partial charge in [-0.15, -0.1) is 0 Å². The molecule has 0 saturated carbocycles. The Labute approximate surface area is 279 Å². The predicted octanol–water partition coefficient (Wildman–Crippen LogP) is 3.94. The molecule has 0 bridgehead atoms. The van der Waals surface area contributed by atoms with Gasteiger partial charge in [0.05, 0.1) is 26.1 Å². The molecule has 1 aromatic heterocycles. The van der Waals surface area contributed by atoms with Gasteiger partial charge in [-0.1, -0.05) is 30.3 Å². The molecule has 0 spiro atoms. The number of hydrogen-bond donors (Lipinski definition) is 4. The molecule has 268 valence electrons. The molecule has 0 aliphatic rings. The number of carbonyl (C=O) groups is 3. The van der Waals surface area contributed by atoms with Gasteiger partial charge in [-0.25, -0.2) is 4.79 Å². The first kappa shape index (κ1) is 40.2. The van der Waals surface area contributed by atoms with E-state index in [-0.39, 0.29) is 17.4 Å². The number of non-ortho nitro benzene ring substituents is 1. The molecule has 0 atom stereocenters. The highest BCUT2D eigenvalue weighted by Crippen LogP contribution is 2.26. The number of carboxylic acids is 2. The quantitative estimate of drug-likeness (QED) is 0.0525. The molecule has 19 heteroatoms. The number of carbonyl (C=O) groups excluding carboxylic acids is 2. The standard InChI is InChI=1S/C27H28N6O3.2C2HF3O2/c1-33(2,3)23-10-7-18(8-11-23)16-30-27(34)25-15-21-14-22(32(35)36)9-12-24(21)31(25)17-19-5-4-6-20(13-19)26(28)29;2*3-2(4,5)1(6)7/h4-15H,16-17H2,1-3H3,(H3-,28,29,30,34);2*(H,6,7). The van der Waals surface area contributed by atoms with Crippen LogP contribution in [0.3, 0.4) is 0 Å². The fourth-order valence-corrected chi connectivity index (χ4v) is 4.08. The third-order valence-corrected chi connectivity index (χ3v) is 6.55. The number of halogens is 6. The number of benzene rings is 3. The van der Waals surface area contributed by atoms with Crippen molar-refractivity contribution in [2.75, 3.05) is 21.1 Å². The van der Waals surface area contributed by atoms with Crippen molar-refractivity contribution in [1.29, 1.82) is 5.41 Å². The summed E-state index contributed by atoms with van der Waals surface area (Å²) < 4.78 is 65.8. The largest absolute Gasteiger partial charge is 0.542 e. The molecule has 1 amide bonds. The van der Waals surface area contributed by atoms with Crippen molar-refractivity contribution in [2.45, 2.75) is 25.4 Å². The Morgan fingerprint density at radius 1 is 0.920 bits per heavy atom. The summed E-state index contributed by atoms with van der Waals surface area (Å²) in [6, 6.07) is 21.5. The first-order valence-electron chi connectivity index (χ1n) is 13.9. The summed E-state index contributed by atoms with van der Waals surface area (Å²) in [6.45, 7) is 0.682. The van der Waals surface area contributed by atoms with Crippen LogP contribution in [-0.2, 0) is 22.7 Å². The van der Waals surface area contributed by atoms with Gasteiger partial charge in [0.2, 0.25) is 0 Å². The number of aliphatic carboxylic acids is 2. The average molecular weight is 713 g/mol. The molecule has 13 nitrogen and oxygen atoms in total. The van der Waals surface area contributed by atoms with Crippen LogP contribution in [0.2, 0.25) is 0 Å². The zero-order chi connectivity index (χ0) is 38.2. The molecule has 0 fully saturated rings. The van der Waals surface area contributed by atoms with Crippen LogP contribution in [0.1, 0.15) is 27.2 Å². The van der Waals surface area contributed by atoms with Crippen molar-refractivity contribution < 1.29 is 55.9 Å². The van der Waals surface area contributed by atoms with E-state index in [0.29, 0.717) is 39.7 Å². The number of nitrogens with one attached hydrogen (secondary N) is 2. The summed E-state index contributed by atoms with van der Waals surface area (Å²) in [7, 11) is 6.27. The first-order chi connectivity index (χ1) is 22.9. The maximum absolute atomic E-state index is 13.3. The van der Waals surface area contributed by atoms with Gasteiger partial charge in [-0.05, 0) is 41.5 Å². The third-order valence-electron chi connectivity index (χ3n) is 6.55. The number of carboxylic acid groups (broad SMARTS) is 2. The molecule has 0 radical (unpaired) electrons. The number of nitrogens with two attached hydrogens (primary N) is 1. The number of fused-ring (bicyclic) bond motifs is 1. The number of aromatic nitrogens is 1. The number of quaternary nitrogens is 1. The Bertz CT molecular complexity index is 1860.